The zero-order chi connectivity index (χ0) is 14.8. The van der Waals surface area contributed by atoms with E-state index in [-0.39, 0.29) is 0 Å². The van der Waals surface area contributed by atoms with Crippen molar-refractivity contribution in [1.29, 1.82) is 0 Å². The van der Waals surface area contributed by atoms with Gasteiger partial charge in [0.25, 0.3) is 0 Å². The minimum Gasteiger partial charge on any atom is -0.262 e. The maximum absolute atomic E-state index is 4.75. The molecule has 106 valence electrons. The lowest BCUT2D eigenvalue weighted by Gasteiger charge is -2.12. The second kappa shape index (κ2) is 5.65. The number of rotatable bonds is 3. The minimum atomic E-state index is 0.575. The summed E-state index contributed by atoms with van der Waals surface area (Å²) >= 11 is 0. The van der Waals surface area contributed by atoms with Crippen molar-refractivity contribution in [3.8, 4) is 11.3 Å². The van der Waals surface area contributed by atoms with Crippen LogP contribution in [0.25, 0.3) is 22.2 Å². The third kappa shape index (κ3) is 2.80. The number of aromatic nitrogens is 2. The van der Waals surface area contributed by atoms with Gasteiger partial charge in [-0.1, -0.05) is 31.5 Å². The minimum absolute atomic E-state index is 0.575. The number of hydrogen-bond acceptors (Lipinski definition) is 2. The molecule has 2 heteroatoms. The van der Waals surface area contributed by atoms with Crippen LogP contribution in [0.15, 0.2) is 48.8 Å². The van der Waals surface area contributed by atoms with Crippen LogP contribution in [0.3, 0.4) is 0 Å². The maximum Gasteiger partial charge on any atom is 0.0892 e. The first-order valence-electron chi connectivity index (χ1n) is 7.50. The Labute approximate surface area is 125 Å². The molecule has 0 aliphatic heterocycles. The van der Waals surface area contributed by atoms with Crippen LogP contribution in [0, 0.1) is 6.92 Å². The zero-order valence-corrected chi connectivity index (χ0v) is 12.8. The largest absolute Gasteiger partial charge is 0.262 e. The molecule has 0 aliphatic carbocycles. The van der Waals surface area contributed by atoms with Gasteiger partial charge in [-0.2, -0.15) is 0 Å². The average molecular weight is 276 g/mol. The van der Waals surface area contributed by atoms with E-state index in [0.29, 0.717) is 5.92 Å². The van der Waals surface area contributed by atoms with E-state index in [1.165, 1.54) is 16.7 Å². The molecule has 0 aliphatic rings. The van der Waals surface area contributed by atoms with Crippen LogP contribution >= 0.6 is 0 Å². The average Bonchev–Trinajstić information content (AvgIpc) is 2.53. The summed E-state index contributed by atoms with van der Waals surface area (Å²) < 4.78 is 0. The molecule has 0 spiro atoms. The lowest BCUT2D eigenvalue weighted by atomic mass is 9.94. The predicted molar refractivity (Wildman–Crippen MR) is 88.4 cm³/mol. The Kier molecular flexibility index (Phi) is 3.70. The van der Waals surface area contributed by atoms with Gasteiger partial charge in [-0.05, 0) is 49.1 Å². The van der Waals surface area contributed by atoms with E-state index in [1.54, 1.807) is 6.20 Å². The molecule has 0 fully saturated rings. The van der Waals surface area contributed by atoms with Crippen molar-refractivity contribution in [2.75, 3.05) is 0 Å². The first kappa shape index (κ1) is 13.7. The first-order valence-corrected chi connectivity index (χ1v) is 7.50. The van der Waals surface area contributed by atoms with Crippen LogP contribution in [0.4, 0.5) is 0 Å². The van der Waals surface area contributed by atoms with Crippen LogP contribution < -0.4 is 0 Å². The summed E-state index contributed by atoms with van der Waals surface area (Å²) in [5.41, 5.74) is 5.83. The Morgan fingerprint density at radius 2 is 1.95 bits per heavy atom. The Balaban J connectivity index is 2.11. The lowest BCUT2D eigenvalue weighted by molar-refractivity contribution is 0.733. The van der Waals surface area contributed by atoms with Gasteiger partial charge in [0, 0.05) is 17.1 Å². The molecule has 1 atom stereocenters. The van der Waals surface area contributed by atoms with E-state index in [9.17, 15) is 0 Å². The van der Waals surface area contributed by atoms with Crippen molar-refractivity contribution in [2.45, 2.75) is 33.1 Å². The van der Waals surface area contributed by atoms with Gasteiger partial charge >= 0.3 is 0 Å². The van der Waals surface area contributed by atoms with Gasteiger partial charge in [-0.15, -0.1) is 0 Å². The van der Waals surface area contributed by atoms with E-state index >= 15 is 0 Å². The molecule has 2 heterocycles. The van der Waals surface area contributed by atoms with E-state index < -0.39 is 0 Å². The predicted octanol–water partition coefficient (Wildman–Crippen LogP) is 5.12. The Morgan fingerprint density at radius 1 is 1.10 bits per heavy atom. The van der Waals surface area contributed by atoms with Crippen LogP contribution in [0.1, 0.15) is 37.3 Å². The fourth-order valence-electron chi connectivity index (χ4n) is 2.61. The second-order valence-corrected chi connectivity index (χ2v) is 5.71. The molecule has 1 aromatic carbocycles. The standard InChI is InChI=1S/C19H20N2/c1-4-14(3)16-9-13(2)10-17(11-16)18-6-5-15-7-8-20-12-19(15)21-18/h5-12,14H,4H2,1-3H3. The van der Waals surface area contributed by atoms with Gasteiger partial charge in [-0.25, -0.2) is 4.98 Å². The van der Waals surface area contributed by atoms with Gasteiger partial charge < -0.3 is 0 Å². The smallest absolute Gasteiger partial charge is 0.0892 e. The Hall–Kier alpha value is -2.22. The van der Waals surface area contributed by atoms with Crippen LogP contribution in [0.2, 0.25) is 0 Å². The molecule has 1 unspecified atom stereocenters. The summed E-state index contributed by atoms with van der Waals surface area (Å²) in [6.07, 6.45) is 4.78. The molecule has 0 amide bonds. The summed E-state index contributed by atoms with van der Waals surface area (Å²) in [5, 5.41) is 1.13. The highest BCUT2D eigenvalue weighted by Gasteiger charge is 2.08. The van der Waals surface area contributed by atoms with Crippen molar-refractivity contribution >= 4 is 10.9 Å². The number of nitrogens with zero attached hydrogens (tertiary/aromatic N) is 2. The summed E-state index contributed by atoms with van der Waals surface area (Å²) in [5.74, 6) is 0.575. The molecule has 0 bridgehead atoms. The van der Waals surface area contributed by atoms with Crippen molar-refractivity contribution in [3.05, 3.63) is 59.9 Å². The van der Waals surface area contributed by atoms with Gasteiger partial charge in [0.1, 0.15) is 0 Å². The molecular weight excluding hydrogens is 256 g/mol. The summed E-state index contributed by atoms with van der Waals surface area (Å²) in [4.78, 5) is 8.91. The number of pyridine rings is 2. The molecule has 0 saturated carbocycles. The van der Waals surface area contributed by atoms with Crippen molar-refractivity contribution in [1.82, 2.24) is 9.97 Å². The van der Waals surface area contributed by atoms with Gasteiger partial charge in [-0.3, -0.25) is 4.98 Å². The highest BCUT2D eigenvalue weighted by molar-refractivity contribution is 5.80. The van der Waals surface area contributed by atoms with Crippen LogP contribution in [-0.2, 0) is 0 Å². The molecule has 0 radical (unpaired) electrons. The highest BCUT2D eigenvalue weighted by atomic mass is 14.7. The Bertz CT molecular complexity index is 777. The van der Waals surface area contributed by atoms with E-state index in [1.807, 2.05) is 12.3 Å². The number of benzene rings is 1. The van der Waals surface area contributed by atoms with Crippen molar-refractivity contribution in [3.63, 3.8) is 0 Å². The SMILES string of the molecule is CCC(C)c1cc(C)cc(-c2ccc3ccncc3n2)c1. The van der Waals surface area contributed by atoms with E-state index in [0.717, 1.165) is 23.0 Å². The van der Waals surface area contributed by atoms with Gasteiger partial charge in [0.2, 0.25) is 0 Å². The normalized spacial score (nSPS) is 12.5. The topological polar surface area (TPSA) is 25.8 Å². The third-order valence-electron chi connectivity index (χ3n) is 4.07. The zero-order valence-electron chi connectivity index (χ0n) is 12.8. The van der Waals surface area contributed by atoms with Crippen molar-refractivity contribution in [2.24, 2.45) is 0 Å². The fourth-order valence-corrected chi connectivity index (χ4v) is 2.61. The number of aryl methyl sites for hydroxylation is 1. The summed E-state index contributed by atoms with van der Waals surface area (Å²) in [7, 11) is 0. The van der Waals surface area contributed by atoms with E-state index in [2.05, 4.69) is 56.1 Å². The molecule has 2 aromatic heterocycles. The maximum atomic E-state index is 4.75. The molecule has 21 heavy (non-hydrogen) atoms. The summed E-state index contributed by atoms with van der Waals surface area (Å²) in [6.45, 7) is 6.65. The molecular formula is C19H20N2. The molecule has 3 aromatic rings. The van der Waals surface area contributed by atoms with Crippen molar-refractivity contribution < 1.29 is 0 Å². The fraction of sp³-hybridized carbons (Fsp3) is 0.263. The van der Waals surface area contributed by atoms with Gasteiger partial charge in [0.15, 0.2) is 0 Å². The number of fused-ring (bicyclic) bond motifs is 1. The first-order chi connectivity index (χ1) is 10.2. The third-order valence-corrected chi connectivity index (χ3v) is 4.07. The lowest BCUT2D eigenvalue weighted by Crippen LogP contribution is -1.94. The quantitative estimate of drug-likeness (QED) is 0.663. The number of hydrogen-bond donors (Lipinski definition) is 0. The van der Waals surface area contributed by atoms with Crippen LogP contribution in [0.5, 0.6) is 0 Å². The summed E-state index contributed by atoms with van der Waals surface area (Å²) in [6, 6.07) is 13.0. The monoisotopic (exact) mass is 276 g/mol. The molecule has 0 N–H and O–H groups in total. The highest BCUT2D eigenvalue weighted by Crippen LogP contribution is 2.27. The van der Waals surface area contributed by atoms with E-state index in [4.69, 9.17) is 4.98 Å². The Morgan fingerprint density at radius 3 is 2.76 bits per heavy atom. The molecule has 2 nitrogen and oxygen atoms in total. The second-order valence-electron chi connectivity index (χ2n) is 5.71. The van der Waals surface area contributed by atoms with Crippen LogP contribution in [-0.4, -0.2) is 9.97 Å². The van der Waals surface area contributed by atoms with Gasteiger partial charge in [0.05, 0.1) is 17.4 Å². The molecule has 3 rings (SSSR count). The molecule has 0 saturated heterocycles.